The molecule has 1 aromatic heterocycles. The Labute approximate surface area is 172 Å². The fourth-order valence-electron chi connectivity index (χ4n) is 4.39. The Hall–Kier alpha value is -2.95. The maximum Gasteiger partial charge on any atom is 0.275 e. The summed E-state index contributed by atoms with van der Waals surface area (Å²) < 4.78 is 1.75. The van der Waals surface area contributed by atoms with Crippen LogP contribution in [0.2, 0.25) is 0 Å². The summed E-state index contributed by atoms with van der Waals surface area (Å²) in [7, 11) is 1.87. The number of aromatic nitrogens is 3. The summed E-state index contributed by atoms with van der Waals surface area (Å²) in [5.74, 6) is -0.0750. The van der Waals surface area contributed by atoms with Crippen LogP contribution < -0.4 is 0 Å². The first-order valence-corrected chi connectivity index (χ1v) is 10.2. The van der Waals surface area contributed by atoms with E-state index in [9.17, 15) is 4.79 Å². The number of hydrogen-bond donors (Lipinski definition) is 0. The van der Waals surface area contributed by atoms with Crippen LogP contribution in [0.5, 0.6) is 0 Å². The summed E-state index contributed by atoms with van der Waals surface area (Å²) in [6.45, 7) is 5.94. The van der Waals surface area contributed by atoms with Gasteiger partial charge >= 0.3 is 0 Å². The number of amides is 1. The molecule has 1 aliphatic carbocycles. The SMILES string of the molecule is CN(C[C@@]1(c2ccccc2)CC1(C)C)C(=O)c1cn(CCc2ccccc2)nn1. The third-order valence-electron chi connectivity index (χ3n) is 6.32. The lowest BCUT2D eigenvalue weighted by atomic mass is 9.87. The van der Waals surface area contributed by atoms with Crippen molar-refractivity contribution >= 4 is 5.91 Å². The van der Waals surface area contributed by atoms with Gasteiger partial charge in [-0.25, -0.2) is 0 Å². The third-order valence-corrected chi connectivity index (χ3v) is 6.32. The fourth-order valence-corrected chi connectivity index (χ4v) is 4.39. The average molecular weight is 389 g/mol. The monoisotopic (exact) mass is 388 g/mol. The molecule has 0 radical (unpaired) electrons. The quantitative estimate of drug-likeness (QED) is 0.616. The maximum absolute atomic E-state index is 13.0. The fraction of sp³-hybridized carbons (Fsp3) is 0.375. The van der Waals surface area contributed by atoms with Crippen LogP contribution in [0.1, 0.15) is 41.9 Å². The standard InChI is InChI=1S/C24H28N4O/c1-23(2)17-24(23,20-12-8-5-9-13-20)18-27(3)22(29)21-16-28(26-25-21)15-14-19-10-6-4-7-11-19/h4-13,16H,14-15,17-18H2,1-3H3/t24-/m1/s1. The molecule has 2 aromatic carbocycles. The summed E-state index contributed by atoms with van der Waals surface area (Å²) in [4.78, 5) is 14.8. The lowest BCUT2D eigenvalue weighted by Gasteiger charge is -2.27. The normalized spacial score (nSPS) is 19.7. The zero-order valence-corrected chi connectivity index (χ0v) is 17.4. The molecule has 4 rings (SSSR count). The van der Waals surface area contributed by atoms with E-state index in [1.54, 1.807) is 15.8 Å². The van der Waals surface area contributed by atoms with E-state index < -0.39 is 0 Å². The van der Waals surface area contributed by atoms with Gasteiger partial charge in [-0.05, 0) is 29.4 Å². The van der Waals surface area contributed by atoms with Crippen molar-refractivity contribution in [1.82, 2.24) is 19.9 Å². The number of nitrogens with zero attached hydrogens (tertiary/aromatic N) is 4. The lowest BCUT2D eigenvalue weighted by Crippen LogP contribution is -2.36. The summed E-state index contributed by atoms with van der Waals surface area (Å²) >= 11 is 0. The highest BCUT2D eigenvalue weighted by Crippen LogP contribution is 2.64. The van der Waals surface area contributed by atoms with Gasteiger partial charge < -0.3 is 4.90 Å². The zero-order valence-electron chi connectivity index (χ0n) is 17.4. The van der Waals surface area contributed by atoms with Crippen LogP contribution in [0.3, 0.4) is 0 Å². The molecule has 0 N–H and O–H groups in total. The second-order valence-electron chi connectivity index (χ2n) is 8.77. The minimum Gasteiger partial charge on any atom is -0.339 e. The van der Waals surface area contributed by atoms with Crippen LogP contribution in [-0.4, -0.2) is 39.4 Å². The van der Waals surface area contributed by atoms with Crippen LogP contribution in [0.25, 0.3) is 0 Å². The molecule has 0 saturated heterocycles. The predicted octanol–water partition coefficient (Wildman–Crippen LogP) is 3.96. The van der Waals surface area contributed by atoms with E-state index in [-0.39, 0.29) is 16.7 Å². The second-order valence-corrected chi connectivity index (χ2v) is 8.77. The number of likely N-dealkylation sites (N-methyl/N-ethyl adjacent to an activating group) is 1. The van der Waals surface area contributed by atoms with Crippen LogP contribution in [0.4, 0.5) is 0 Å². The van der Waals surface area contributed by atoms with Gasteiger partial charge in [0.05, 0.1) is 6.20 Å². The smallest absolute Gasteiger partial charge is 0.275 e. The third kappa shape index (κ3) is 3.82. The van der Waals surface area contributed by atoms with E-state index in [1.807, 2.05) is 31.3 Å². The summed E-state index contributed by atoms with van der Waals surface area (Å²) in [5.41, 5.74) is 3.13. The molecular weight excluding hydrogens is 360 g/mol. The number of benzene rings is 2. The van der Waals surface area contributed by atoms with Crippen LogP contribution >= 0.6 is 0 Å². The molecule has 1 aliphatic rings. The molecule has 0 aliphatic heterocycles. The molecule has 0 spiro atoms. The lowest BCUT2D eigenvalue weighted by molar-refractivity contribution is 0.0769. The van der Waals surface area contributed by atoms with E-state index in [1.165, 1.54) is 11.1 Å². The van der Waals surface area contributed by atoms with E-state index >= 15 is 0 Å². The van der Waals surface area contributed by atoms with Crippen molar-refractivity contribution in [2.24, 2.45) is 5.41 Å². The van der Waals surface area contributed by atoms with Gasteiger partial charge in [0.25, 0.3) is 5.91 Å². The number of carbonyl (C=O) groups excluding carboxylic acids is 1. The van der Waals surface area contributed by atoms with Gasteiger partial charge in [-0.2, -0.15) is 0 Å². The van der Waals surface area contributed by atoms with Crippen LogP contribution in [0.15, 0.2) is 66.9 Å². The molecule has 1 heterocycles. The average Bonchev–Trinajstić information content (AvgIpc) is 3.06. The second kappa shape index (κ2) is 7.47. The highest BCUT2D eigenvalue weighted by molar-refractivity contribution is 5.91. The van der Waals surface area contributed by atoms with Crippen molar-refractivity contribution in [3.63, 3.8) is 0 Å². The minimum atomic E-state index is -0.0750. The molecule has 3 aromatic rings. The van der Waals surface area contributed by atoms with Crippen molar-refractivity contribution in [2.75, 3.05) is 13.6 Å². The maximum atomic E-state index is 13.0. The first-order chi connectivity index (χ1) is 13.9. The number of aryl methyl sites for hydroxylation is 2. The van der Waals surface area contributed by atoms with Gasteiger partial charge in [0, 0.05) is 25.6 Å². The van der Waals surface area contributed by atoms with Gasteiger partial charge in [0.15, 0.2) is 5.69 Å². The van der Waals surface area contributed by atoms with E-state index in [2.05, 4.69) is 60.6 Å². The zero-order chi connectivity index (χ0) is 20.5. The van der Waals surface area contributed by atoms with Gasteiger partial charge in [-0.3, -0.25) is 9.48 Å². The number of hydrogen-bond acceptors (Lipinski definition) is 3. The van der Waals surface area contributed by atoms with Gasteiger partial charge in [0.2, 0.25) is 0 Å². The molecule has 0 unspecified atom stereocenters. The Morgan fingerprint density at radius 2 is 1.69 bits per heavy atom. The number of rotatable bonds is 7. The predicted molar refractivity (Wildman–Crippen MR) is 114 cm³/mol. The minimum absolute atomic E-state index is 0.00196. The Balaban J connectivity index is 1.43. The topological polar surface area (TPSA) is 51.0 Å². The van der Waals surface area contributed by atoms with Crippen LogP contribution in [-0.2, 0) is 18.4 Å². The largest absolute Gasteiger partial charge is 0.339 e. The number of carbonyl (C=O) groups is 1. The molecule has 0 bridgehead atoms. The van der Waals surface area contributed by atoms with Crippen molar-refractivity contribution < 1.29 is 4.79 Å². The highest BCUT2D eigenvalue weighted by atomic mass is 16.2. The van der Waals surface area contributed by atoms with E-state index in [0.717, 1.165) is 12.8 Å². The van der Waals surface area contributed by atoms with E-state index in [4.69, 9.17) is 0 Å². The highest BCUT2D eigenvalue weighted by Gasteiger charge is 2.62. The molecule has 5 nitrogen and oxygen atoms in total. The van der Waals surface area contributed by atoms with Gasteiger partial charge in [0.1, 0.15) is 0 Å². The first-order valence-electron chi connectivity index (χ1n) is 10.2. The van der Waals surface area contributed by atoms with Crippen molar-refractivity contribution in [2.45, 2.75) is 38.6 Å². The summed E-state index contributed by atoms with van der Waals surface area (Å²) in [6, 6.07) is 20.8. The Morgan fingerprint density at radius 3 is 2.31 bits per heavy atom. The molecule has 1 atom stereocenters. The van der Waals surface area contributed by atoms with Crippen LogP contribution in [0, 0.1) is 5.41 Å². The van der Waals surface area contributed by atoms with Crippen molar-refractivity contribution in [1.29, 1.82) is 0 Å². The summed E-state index contributed by atoms with van der Waals surface area (Å²) in [5, 5.41) is 8.28. The summed E-state index contributed by atoms with van der Waals surface area (Å²) in [6.07, 6.45) is 3.69. The molecule has 1 amide bonds. The Bertz CT molecular complexity index is 980. The van der Waals surface area contributed by atoms with E-state index in [0.29, 0.717) is 18.8 Å². The van der Waals surface area contributed by atoms with Gasteiger partial charge in [-0.1, -0.05) is 79.7 Å². The molecule has 1 saturated carbocycles. The Kier molecular flexibility index (Phi) is 4.99. The van der Waals surface area contributed by atoms with Crippen molar-refractivity contribution in [3.8, 4) is 0 Å². The molecular formula is C24H28N4O. The molecule has 1 fully saturated rings. The Morgan fingerprint density at radius 1 is 1.07 bits per heavy atom. The molecule has 29 heavy (non-hydrogen) atoms. The van der Waals surface area contributed by atoms with Crippen molar-refractivity contribution in [3.05, 3.63) is 83.7 Å². The molecule has 5 heteroatoms. The van der Waals surface area contributed by atoms with Gasteiger partial charge in [-0.15, -0.1) is 5.10 Å². The first kappa shape index (κ1) is 19.4. The molecule has 150 valence electrons.